The average Bonchev–Trinajstić information content (AvgIpc) is 3.41. The maximum absolute atomic E-state index is 13.6. The van der Waals surface area contributed by atoms with Crippen LogP contribution < -0.4 is 4.90 Å². The van der Waals surface area contributed by atoms with E-state index in [1.807, 2.05) is 72.1 Å². The number of carbonyl (C=O) groups is 2. The summed E-state index contributed by atoms with van der Waals surface area (Å²) in [5.74, 6) is -0.677. The molecule has 0 unspecified atom stereocenters. The normalized spacial score (nSPS) is 13.8. The molecule has 1 aliphatic heterocycles. The number of halogens is 1. The first-order valence-corrected chi connectivity index (χ1v) is 12.4. The van der Waals surface area contributed by atoms with Crippen molar-refractivity contribution in [2.75, 3.05) is 11.5 Å². The van der Waals surface area contributed by atoms with Crippen molar-refractivity contribution in [2.24, 2.45) is 4.99 Å². The quantitative estimate of drug-likeness (QED) is 0.270. The summed E-state index contributed by atoms with van der Waals surface area (Å²) in [6.45, 7) is 2.42. The fourth-order valence-electron chi connectivity index (χ4n) is 4.07. The van der Waals surface area contributed by atoms with Gasteiger partial charge in [0.05, 0.1) is 18.8 Å². The minimum Gasteiger partial charge on any atom is -0.462 e. The molecule has 1 amide bonds. The van der Waals surface area contributed by atoms with Gasteiger partial charge in [0.2, 0.25) is 0 Å². The molecule has 35 heavy (non-hydrogen) atoms. The van der Waals surface area contributed by atoms with Gasteiger partial charge in [0.25, 0.3) is 5.91 Å². The summed E-state index contributed by atoms with van der Waals surface area (Å²) < 4.78 is 5.35. The molecule has 0 aliphatic carbocycles. The minimum atomic E-state index is -0.474. The highest BCUT2D eigenvalue weighted by molar-refractivity contribution is 7.15. The largest absolute Gasteiger partial charge is 0.462 e. The number of ether oxygens (including phenoxy) is 1. The second-order valence-corrected chi connectivity index (χ2v) is 9.21. The van der Waals surface area contributed by atoms with Crippen molar-refractivity contribution in [2.45, 2.75) is 13.5 Å². The summed E-state index contributed by atoms with van der Waals surface area (Å²) in [4.78, 5) is 33.0. The van der Waals surface area contributed by atoms with Crippen LogP contribution in [0.4, 0.5) is 10.7 Å². The molecule has 0 fully saturated rings. The Labute approximate surface area is 212 Å². The number of nitrogens with zero attached hydrogens (tertiary/aromatic N) is 2. The number of para-hydroxylation sites is 1. The Balaban J connectivity index is 1.60. The molecule has 3 aromatic carbocycles. The van der Waals surface area contributed by atoms with Gasteiger partial charge in [0.15, 0.2) is 0 Å². The lowest BCUT2D eigenvalue weighted by Crippen LogP contribution is -2.29. The van der Waals surface area contributed by atoms with Gasteiger partial charge in [0, 0.05) is 21.5 Å². The van der Waals surface area contributed by atoms with Crippen molar-refractivity contribution in [1.82, 2.24) is 0 Å². The summed E-state index contributed by atoms with van der Waals surface area (Å²) in [6, 6.07) is 24.6. The molecule has 0 radical (unpaired) electrons. The Kier molecular flexibility index (Phi) is 6.49. The Morgan fingerprint density at radius 2 is 1.69 bits per heavy atom. The van der Waals surface area contributed by atoms with Crippen LogP contribution in [0.25, 0.3) is 11.1 Å². The standard InChI is InChI=1S/C28H21ClN2O3S/c1-2-34-28(33)24-22(19-12-14-20(29)15-13-19)17-35-26(24)30-25-21-10-6-7-11-23(21)31(27(25)32)16-18-8-4-3-5-9-18/h3-15,17H,2,16H2,1H3. The van der Waals surface area contributed by atoms with E-state index >= 15 is 0 Å². The van der Waals surface area contributed by atoms with Crippen molar-refractivity contribution in [3.63, 3.8) is 0 Å². The fraction of sp³-hybridized carbons (Fsp3) is 0.107. The van der Waals surface area contributed by atoms with Crippen LogP contribution in [-0.2, 0) is 16.1 Å². The van der Waals surface area contributed by atoms with Crippen LogP contribution in [0.5, 0.6) is 0 Å². The Morgan fingerprint density at radius 1 is 0.971 bits per heavy atom. The van der Waals surface area contributed by atoms with Crippen molar-refractivity contribution >= 4 is 51.2 Å². The van der Waals surface area contributed by atoms with Crippen LogP contribution in [0.15, 0.2) is 89.2 Å². The van der Waals surface area contributed by atoms with Gasteiger partial charge in [-0.15, -0.1) is 11.3 Å². The monoisotopic (exact) mass is 500 g/mol. The van der Waals surface area contributed by atoms with E-state index in [-0.39, 0.29) is 12.5 Å². The molecule has 2 heterocycles. The lowest BCUT2D eigenvalue weighted by Gasteiger charge is -2.16. The Bertz CT molecular complexity index is 1430. The maximum Gasteiger partial charge on any atom is 0.341 e. The number of amides is 1. The van der Waals surface area contributed by atoms with Crippen molar-refractivity contribution in [3.05, 3.63) is 106 Å². The molecule has 0 saturated heterocycles. The molecule has 5 rings (SSSR count). The van der Waals surface area contributed by atoms with Gasteiger partial charge in [-0.2, -0.15) is 0 Å². The highest BCUT2D eigenvalue weighted by Gasteiger charge is 2.34. The zero-order valence-electron chi connectivity index (χ0n) is 18.9. The number of carbonyl (C=O) groups excluding carboxylic acids is 2. The maximum atomic E-state index is 13.6. The molecular weight excluding hydrogens is 480 g/mol. The number of fused-ring (bicyclic) bond motifs is 1. The van der Waals surface area contributed by atoms with Gasteiger partial charge < -0.3 is 9.64 Å². The van der Waals surface area contributed by atoms with Crippen LogP contribution in [0.1, 0.15) is 28.4 Å². The average molecular weight is 501 g/mol. The van der Waals surface area contributed by atoms with Gasteiger partial charge in [-0.1, -0.05) is 72.3 Å². The highest BCUT2D eigenvalue weighted by Crippen LogP contribution is 2.40. The lowest BCUT2D eigenvalue weighted by atomic mass is 10.0. The SMILES string of the molecule is CCOC(=O)c1c(-c2ccc(Cl)cc2)csc1N=C1C(=O)N(Cc2ccccc2)c2ccccc21. The molecule has 1 aliphatic rings. The molecule has 7 heteroatoms. The van der Waals surface area contributed by atoms with Crippen molar-refractivity contribution < 1.29 is 14.3 Å². The highest BCUT2D eigenvalue weighted by atomic mass is 35.5. The first kappa shape index (κ1) is 23.0. The molecule has 0 spiro atoms. The number of anilines is 1. The van der Waals surface area contributed by atoms with Gasteiger partial charge >= 0.3 is 5.97 Å². The summed E-state index contributed by atoms with van der Waals surface area (Å²) in [5, 5.41) is 2.91. The molecule has 1 aromatic heterocycles. The molecule has 0 saturated carbocycles. The van der Waals surface area contributed by atoms with Crippen LogP contribution in [0.3, 0.4) is 0 Å². The summed E-state index contributed by atoms with van der Waals surface area (Å²) >= 11 is 7.36. The molecule has 174 valence electrons. The smallest absolute Gasteiger partial charge is 0.341 e. The number of esters is 1. The number of thiophene rings is 1. The van der Waals surface area contributed by atoms with E-state index in [9.17, 15) is 9.59 Å². The zero-order valence-corrected chi connectivity index (χ0v) is 20.5. The van der Waals surface area contributed by atoms with Crippen LogP contribution in [-0.4, -0.2) is 24.2 Å². The molecule has 4 aromatic rings. The van der Waals surface area contributed by atoms with Crippen LogP contribution in [0.2, 0.25) is 5.02 Å². The molecule has 0 N–H and O–H groups in total. The second-order valence-electron chi connectivity index (χ2n) is 7.91. The van der Waals surface area contributed by atoms with E-state index in [0.29, 0.717) is 33.4 Å². The second kappa shape index (κ2) is 9.86. The summed E-state index contributed by atoms with van der Waals surface area (Å²) in [6.07, 6.45) is 0. The first-order chi connectivity index (χ1) is 17.1. The molecule has 0 atom stereocenters. The van der Waals surface area contributed by atoms with Gasteiger partial charge in [-0.05, 0) is 36.2 Å². The predicted molar refractivity (Wildman–Crippen MR) is 141 cm³/mol. The molecular formula is C28H21ClN2O3S. The van der Waals surface area contributed by atoms with Crippen LogP contribution >= 0.6 is 22.9 Å². The molecule has 5 nitrogen and oxygen atoms in total. The third kappa shape index (κ3) is 4.50. The van der Waals surface area contributed by atoms with Crippen molar-refractivity contribution in [1.29, 1.82) is 0 Å². The summed E-state index contributed by atoms with van der Waals surface area (Å²) in [7, 11) is 0. The number of rotatable bonds is 6. The number of hydrogen-bond acceptors (Lipinski definition) is 5. The van der Waals surface area contributed by atoms with E-state index < -0.39 is 5.97 Å². The number of benzene rings is 3. The predicted octanol–water partition coefficient (Wildman–Crippen LogP) is 6.91. The van der Waals surface area contributed by atoms with Crippen molar-refractivity contribution in [3.8, 4) is 11.1 Å². The van der Waals surface area contributed by atoms with E-state index in [0.717, 1.165) is 22.4 Å². The lowest BCUT2D eigenvalue weighted by molar-refractivity contribution is -0.112. The van der Waals surface area contributed by atoms with E-state index in [2.05, 4.69) is 0 Å². The van der Waals surface area contributed by atoms with E-state index in [1.54, 1.807) is 24.0 Å². The topological polar surface area (TPSA) is 59.0 Å². The third-order valence-electron chi connectivity index (χ3n) is 5.70. The van der Waals surface area contributed by atoms with E-state index in [4.69, 9.17) is 21.3 Å². The van der Waals surface area contributed by atoms with Gasteiger partial charge in [-0.3, -0.25) is 4.79 Å². The fourth-order valence-corrected chi connectivity index (χ4v) is 5.13. The number of aliphatic imine (C=N–C) groups is 1. The summed E-state index contributed by atoms with van der Waals surface area (Å²) in [5.41, 5.74) is 4.74. The molecule has 0 bridgehead atoms. The Hall–Kier alpha value is -3.74. The van der Waals surface area contributed by atoms with E-state index in [1.165, 1.54) is 11.3 Å². The zero-order chi connectivity index (χ0) is 24.4. The Morgan fingerprint density at radius 3 is 2.43 bits per heavy atom. The van der Waals surface area contributed by atoms with Gasteiger partial charge in [-0.25, -0.2) is 9.79 Å². The van der Waals surface area contributed by atoms with Gasteiger partial charge in [0.1, 0.15) is 16.3 Å². The van der Waals surface area contributed by atoms with Crippen LogP contribution in [0, 0.1) is 0 Å². The number of hydrogen-bond donors (Lipinski definition) is 0. The first-order valence-electron chi connectivity index (χ1n) is 11.1. The third-order valence-corrected chi connectivity index (χ3v) is 6.83. The minimum absolute atomic E-state index is 0.202.